The Kier molecular flexibility index (Phi) is 3.33. The highest BCUT2D eigenvalue weighted by Gasteiger charge is 2.17. The van der Waals surface area contributed by atoms with Crippen molar-refractivity contribution in [1.29, 1.82) is 0 Å². The van der Waals surface area contributed by atoms with Gasteiger partial charge in [0.1, 0.15) is 0 Å². The Labute approximate surface area is 110 Å². The van der Waals surface area contributed by atoms with Crippen molar-refractivity contribution in [3.63, 3.8) is 0 Å². The summed E-state index contributed by atoms with van der Waals surface area (Å²) in [6.07, 6.45) is 1.45. The molecule has 0 saturated carbocycles. The lowest BCUT2D eigenvalue weighted by atomic mass is 10.2. The van der Waals surface area contributed by atoms with Crippen LogP contribution in [0.15, 0.2) is 30.5 Å². The number of benzene rings is 1. The van der Waals surface area contributed by atoms with E-state index in [9.17, 15) is 10.1 Å². The highest BCUT2D eigenvalue weighted by molar-refractivity contribution is 5.51. The van der Waals surface area contributed by atoms with Crippen LogP contribution in [0.4, 0.5) is 11.4 Å². The molecule has 1 aromatic heterocycles. The van der Waals surface area contributed by atoms with E-state index < -0.39 is 4.92 Å². The predicted molar refractivity (Wildman–Crippen MR) is 71.3 cm³/mol. The number of pyridine rings is 1. The Hall–Kier alpha value is -2.63. The summed E-state index contributed by atoms with van der Waals surface area (Å²) >= 11 is 0. The second-order valence-corrected chi connectivity index (χ2v) is 4.22. The predicted octanol–water partition coefficient (Wildman–Crippen LogP) is 2.98. The summed E-state index contributed by atoms with van der Waals surface area (Å²) in [5, 5.41) is 10.9. The van der Waals surface area contributed by atoms with Gasteiger partial charge in [-0.3, -0.25) is 10.1 Å². The maximum Gasteiger partial charge on any atom is 0.311 e. The SMILES string of the molecule is Cc1ccc([N+](=O)[O-])c(Oc2ncc(N)cc2C)c1. The molecular formula is C13H13N3O3. The number of hydrogen-bond acceptors (Lipinski definition) is 5. The third-order valence-corrected chi connectivity index (χ3v) is 2.57. The van der Waals surface area contributed by atoms with Crippen LogP contribution in [-0.4, -0.2) is 9.91 Å². The van der Waals surface area contributed by atoms with E-state index in [0.717, 1.165) is 11.1 Å². The van der Waals surface area contributed by atoms with Gasteiger partial charge < -0.3 is 10.5 Å². The van der Waals surface area contributed by atoms with Crippen LogP contribution in [0, 0.1) is 24.0 Å². The number of hydrogen-bond donors (Lipinski definition) is 1. The van der Waals surface area contributed by atoms with Gasteiger partial charge in [0, 0.05) is 11.6 Å². The molecule has 1 aromatic carbocycles. The molecule has 0 amide bonds. The lowest BCUT2D eigenvalue weighted by molar-refractivity contribution is -0.385. The zero-order chi connectivity index (χ0) is 14.0. The van der Waals surface area contributed by atoms with Crippen LogP contribution in [0.5, 0.6) is 11.6 Å². The molecule has 2 aromatic rings. The Morgan fingerprint density at radius 1 is 1.32 bits per heavy atom. The van der Waals surface area contributed by atoms with E-state index in [1.54, 1.807) is 25.1 Å². The Morgan fingerprint density at radius 3 is 2.68 bits per heavy atom. The van der Waals surface area contributed by atoms with Gasteiger partial charge in [-0.25, -0.2) is 4.98 Å². The maximum absolute atomic E-state index is 10.9. The number of nitrogens with two attached hydrogens (primary N) is 1. The van der Waals surface area contributed by atoms with Gasteiger partial charge in [0.15, 0.2) is 0 Å². The van der Waals surface area contributed by atoms with Crippen molar-refractivity contribution >= 4 is 11.4 Å². The average molecular weight is 259 g/mol. The summed E-state index contributed by atoms with van der Waals surface area (Å²) in [7, 11) is 0. The molecule has 98 valence electrons. The van der Waals surface area contributed by atoms with Gasteiger partial charge >= 0.3 is 5.69 Å². The highest BCUT2D eigenvalue weighted by Crippen LogP contribution is 2.32. The molecule has 2 rings (SSSR count). The quantitative estimate of drug-likeness (QED) is 0.675. The van der Waals surface area contributed by atoms with Crippen LogP contribution in [-0.2, 0) is 0 Å². The minimum atomic E-state index is -0.485. The molecule has 6 heteroatoms. The third-order valence-electron chi connectivity index (χ3n) is 2.57. The maximum atomic E-state index is 10.9. The fourth-order valence-electron chi connectivity index (χ4n) is 1.65. The molecule has 0 spiro atoms. The van der Waals surface area contributed by atoms with Crippen molar-refractivity contribution in [1.82, 2.24) is 4.98 Å². The van der Waals surface area contributed by atoms with Crippen molar-refractivity contribution in [2.75, 3.05) is 5.73 Å². The van der Waals surface area contributed by atoms with Crippen molar-refractivity contribution < 1.29 is 9.66 Å². The van der Waals surface area contributed by atoms with Crippen molar-refractivity contribution in [3.05, 3.63) is 51.7 Å². The van der Waals surface area contributed by atoms with E-state index in [4.69, 9.17) is 10.5 Å². The molecule has 19 heavy (non-hydrogen) atoms. The highest BCUT2D eigenvalue weighted by atomic mass is 16.6. The summed E-state index contributed by atoms with van der Waals surface area (Å²) in [5.41, 5.74) is 7.61. The topological polar surface area (TPSA) is 91.3 Å². The zero-order valence-corrected chi connectivity index (χ0v) is 10.6. The monoisotopic (exact) mass is 259 g/mol. The fraction of sp³-hybridized carbons (Fsp3) is 0.154. The molecular weight excluding hydrogens is 246 g/mol. The van der Waals surface area contributed by atoms with Gasteiger partial charge in [-0.15, -0.1) is 0 Å². The van der Waals surface area contributed by atoms with Crippen LogP contribution in [0.3, 0.4) is 0 Å². The summed E-state index contributed by atoms with van der Waals surface area (Å²) < 4.78 is 5.53. The van der Waals surface area contributed by atoms with Gasteiger partial charge in [-0.2, -0.15) is 0 Å². The second-order valence-electron chi connectivity index (χ2n) is 4.22. The van der Waals surface area contributed by atoms with Crippen molar-refractivity contribution in [3.8, 4) is 11.6 Å². The van der Waals surface area contributed by atoms with E-state index in [-0.39, 0.29) is 11.4 Å². The lowest BCUT2D eigenvalue weighted by Gasteiger charge is -2.08. The molecule has 1 heterocycles. The first-order chi connectivity index (χ1) is 8.97. The third kappa shape index (κ3) is 2.79. The van der Waals surface area contributed by atoms with Gasteiger partial charge in [0.25, 0.3) is 0 Å². The summed E-state index contributed by atoms with van der Waals surface area (Å²) in [5.74, 6) is 0.480. The molecule has 6 nitrogen and oxygen atoms in total. The number of nitrogen functional groups attached to an aromatic ring is 1. The molecule has 2 N–H and O–H groups in total. The minimum Gasteiger partial charge on any atom is -0.432 e. The fourth-order valence-corrected chi connectivity index (χ4v) is 1.65. The minimum absolute atomic E-state index is 0.0939. The van der Waals surface area contributed by atoms with E-state index in [2.05, 4.69) is 4.98 Å². The van der Waals surface area contributed by atoms with Crippen LogP contribution >= 0.6 is 0 Å². The number of nitro groups is 1. The molecule has 0 aliphatic carbocycles. The number of anilines is 1. The Morgan fingerprint density at radius 2 is 2.05 bits per heavy atom. The van der Waals surface area contributed by atoms with Gasteiger partial charge in [-0.05, 0) is 31.5 Å². The number of rotatable bonds is 3. The first-order valence-corrected chi connectivity index (χ1v) is 5.62. The Bertz CT molecular complexity index is 641. The van der Waals surface area contributed by atoms with Gasteiger partial charge in [0.2, 0.25) is 11.6 Å². The normalized spacial score (nSPS) is 10.2. The number of ether oxygens (including phenoxy) is 1. The summed E-state index contributed by atoms with van der Waals surface area (Å²) in [6.45, 7) is 3.61. The van der Waals surface area contributed by atoms with E-state index in [1.807, 2.05) is 6.92 Å². The smallest absolute Gasteiger partial charge is 0.311 e. The molecule has 0 aliphatic rings. The lowest BCUT2D eigenvalue weighted by Crippen LogP contribution is -1.97. The average Bonchev–Trinajstić information content (AvgIpc) is 2.32. The summed E-state index contributed by atoms with van der Waals surface area (Å²) in [6, 6.07) is 6.38. The first-order valence-electron chi connectivity index (χ1n) is 5.62. The zero-order valence-electron chi connectivity index (χ0n) is 10.6. The van der Waals surface area contributed by atoms with Crippen LogP contribution < -0.4 is 10.5 Å². The molecule has 0 radical (unpaired) electrons. The standard InChI is InChI=1S/C13H13N3O3/c1-8-3-4-11(16(17)18)12(5-8)19-13-9(2)6-10(14)7-15-13/h3-7H,14H2,1-2H3. The molecule has 0 bridgehead atoms. The summed E-state index contributed by atoms with van der Waals surface area (Å²) in [4.78, 5) is 14.5. The number of aromatic nitrogens is 1. The molecule has 0 unspecified atom stereocenters. The van der Waals surface area contributed by atoms with Crippen LogP contribution in [0.2, 0.25) is 0 Å². The van der Waals surface area contributed by atoms with Gasteiger partial charge in [-0.1, -0.05) is 6.07 Å². The second kappa shape index (κ2) is 4.93. The van der Waals surface area contributed by atoms with E-state index >= 15 is 0 Å². The number of nitro benzene ring substituents is 1. The first kappa shape index (κ1) is 12.8. The van der Waals surface area contributed by atoms with Crippen molar-refractivity contribution in [2.45, 2.75) is 13.8 Å². The molecule has 0 atom stereocenters. The molecule has 0 saturated heterocycles. The van der Waals surface area contributed by atoms with E-state index in [0.29, 0.717) is 11.6 Å². The number of aryl methyl sites for hydroxylation is 2. The van der Waals surface area contributed by atoms with Crippen LogP contribution in [0.25, 0.3) is 0 Å². The Balaban J connectivity index is 2.42. The largest absolute Gasteiger partial charge is 0.432 e. The van der Waals surface area contributed by atoms with Crippen LogP contribution in [0.1, 0.15) is 11.1 Å². The van der Waals surface area contributed by atoms with E-state index in [1.165, 1.54) is 12.3 Å². The molecule has 0 aliphatic heterocycles. The number of nitrogens with zero attached hydrogens (tertiary/aromatic N) is 2. The van der Waals surface area contributed by atoms with Crippen molar-refractivity contribution in [2.24, 2.45) is 0 Å². The van der Waals surface area contributed by atoms with Gasteiger partial charge in [0.05, 0.1) is 16.8 Å². The molecule has 0 fully saturated rings.